The molecule has 0 saturated heterocycles. The Morgan fingerprint density at radius 3 is 2.24 bits per heavy atom. The fraction of sp³-hybridized carbons (Fsp3) is 0.929. The Kier molecular flexibility index (Phi) is 4.99. The van der Waals surface area contributed by atoms with Gasteiger partial charge < -0.3 is 10.0 Å². The van der Waals surface area contributed by atoms with Crippen molar-refractivity contribution < 1.29 is 9.90 Å². The molecule has 1 aliphatic carbocycles. The van der Waals surface area contributed by atoms with E-state index in [0.29, 0.717) is 12.0 Å². The van der Waals surface area contributed by atoms with Crippen LogP contribution in [0.3, 0.4) is 0 Å². The largest absolute Gasteiger partial charge is 0.481 e. The van der Waals surface area contributed by atoms with Crippen LogP contribution in [0.4, 0.5) is 0 Å². The van der Waals surface area contributed by atoms with Crippen LogP contribution in [0.5, 0.6) is 0 Å². The lowest BCUT2D eigenvalue weighted by Crippen LogP contribution is -2.41. The van der Waals surface area contributed by atoms with Gasteiger partial charge in [-0.1, -0.05) is 19.3 Å². The molecule has 1 atom stereocenters. The molecule has 0 amide bonds. The van der Waals surface area contributed by atoms with Crippen molar-refractivity contribution in [1.82, 2.24) is 4.90 Å². The van der Waals surface area contributed by atoms with Gasteiger partial charge in [0, 0.05) is 6.04 Å². The van der Waals surface area contributed by atoms with E-state index in [1.165, 1.54) is 32.1 Å². The molecule has 0 heterocycles. The van der Waals surface area contributed by atoms with Gasteiger partial charge in [0.2, 0.25) is 0 Å². The first-order valence-corrected chi connectivity index (χ1v) is 6.74. The van der Waals surface area contributed by atoms with E-state index in [9.17, 15) is 9.90 Å². The minimum absolute atomic E-state index is 0.404. The Labute approximate surface area is 105 Å². The van der Waals surface area contributed by atoms with Crippen molar-refractivity contribution in [1.29, 1.82) is 0 Å². The molecule has 3 heteroatoms. The van der Waals surface area contributed by atoms with Crippen molar-refractivity contribution in [2.75, 3.05) is 14.1 Å². The molecule has 1 N–H and O–H groups in total. The maximum absolute atomic E-state index is 11.2. The number of carboxylic acid groups (broad SMARTS) is 1. The zero-order valence-electron chi connectivity index (χ0n) is 11.7. The molecule has 0 aromatic heterocycles. The van der Waals surface area contributed by atoms with Crippen LogP contribution in [0.25, 0.3) is 0 Å². The van der Waals surface area contributed by atoms with E-state index in [4.69, 9.17) is 0 Å². The van der Waals surface area contributed by atoms with E-state index >= 15 is 0 Å². The summed E-state index contributed by atoms with van der Waals surface area (Å²) in [6.07, 6.45) is 7.24. The maximum atomic E-state index is 11.2. The summed E-state index contributed by atoms with van der Waals surface area (Å²) in [6.45, 7) is 3.68. The van der Waals surface area contributed by atoms with Crippen molar-refractivity contribution in [3.8, 4) is 0 Å². The number of nitrogens with zero attached hydrogens (tertiary/aromatic N) is 1. The molecule has 3 nitrogen and oxygen atoms in total. The van der Waals surface area contributed by atoms with Gasteiger partial charge in [-0.3, -0.25) is 4.79 Å². The van der Waals surface area contributed by atoms with Crippen molar-refractivity contribution >= 4 is 5.97 Å². The Bertz CT molecular complexity index is 255. The zero-order valence-corrected chi connectivity index (χ0v) is 11.7. The average Bonchev–Trinajstić information content (AvgIpc) is 2.26. The molecule has 1 rings (SSSR count). The van der Waals surface area contributed by atoms with E-state index in [1.54, 1.807) is 0 Å². The van der Waals surface area contributed by atoms with Gasteiger partial charge in [-0.2, -0.15) is 0 Å². The van der Waals surface area contributed by atoms with Crippen molar-refractivity contribution in [3.63, 3.8) is 0 Å². The smallest absolute Gasteiger partial charge is 0.309 e. The van der Waals surface area contributed by atoms with Gasteiger partial charge in [0.05, 0.1) is 5.41 Å². The lowest BCUT2D eigenvalue weighted by Gasteiger charge is -2.38. The van der Waals surface area contributed by atoms with Gasteiger partial charge in [0.15, 0.2) is 0 Å². The molecule has 0 aromatic rings. The first-order chi connectivity index (χ1) is 7.84. The molecule has 1 fully saturated rings. The van der Waals surface area contributed by atoms with Crippen LogP contribution in [0.2, 0.25) is 0 Å². The molecule has 0 aromatic carbocycles. The van der Waals surface area contributed by atoms with E-state index in [1.807, 2.05) is 13.8 Å². The Morgan fingerprint density at radius 1 is 1.29 bits per heavy atom. The number of rotatable bonds is 5. The molecule has 1 saturated carbocycles. The predicted molar refractivity (Wildman–Crippen MR) is 70.1 cm³/mol. The number of hydrogen-bond acceptors (Lipinski definition) is 2. The summed E-state index contributed by atoms with van der Waals surface area (Å²) in [4.78, 5) is 13.5. The first-order valence-electron chi connectivity index (χ1n) is 6.74. The van der Waals surface area contributed by atoms with Gasteiger partial charge in [-0.05, 0) is 53.1 Å². The fourth-order valence-electron chi connectivity index (χ4n) is 2.90. The summed E-state index contributed by atoms with van der Waals surface area (Å²) in [7, 11) is 4.16. The summed E-state index contributed by atoms with van der Waals surface area (Å²) in [5, 5.41) is 9.25. The monoisotopic (exact) mass is 241 g/mol. The minimum atomic E-state index is -0.680. The highest BCUT2D eigenvalue weighted by Gasteiger charge is 2.35. The molecule has 1 aliphatic rings. The normalized spacial score (nSPS) is 20.5. The lowest BCUT2D eigenvalue weighted by atomic mass is 9.76. The third-order valence-corrected chi connectivity index (χ3v) is 4.16. The number of hydrogen-bond donors (Lipinski definition) is 1. The Balaban J connectivity index is 2.68. The molecular formula is C14H27NO2. The molecule has 0 radical (unpaired) electrons. The van der Waals surface area contributed by atoms with Crippen LogP contribution in [-0.2, 0) is 4.79 Å². The highest BCUT2D eigenvalue weighted by molar-refractivity contribution is 5.73. The van der Waals surface area contributed by atoms with Crippen LogP contribution in [0.1, 0.15) is 52.4 Å². The number of carboxylic acids is 1. The zero-order chi connectivity index (χ0) is 13.1. The van der Waals surface area contributed by atoms with E-state index in [2.05, 4.69) is 19.0 Å². The molecule has 0 spiro atoms. The summed E-state index contributed by atoms with van der Waals surface area (Å²) in [6, 6.07) is 0.404. The maximum Gasteiger partial charge on any atom is 0.309 e. The van der Waals surface area contributed by atoms with Gasteiger partial charge in [-0.25, -0.2) is 0 Å². The van der Waals surface area contributed by atoms with E-state index in [-0.39, 0.29) is 0 Å². The van der Waals surface area contributed by atoms with Crippen LogP contribution in [0, 0.1) is 11.3 Å². The minimum Gasteiger partial charge on any atom is -0.481 e. The van der Waals surface area contributed by atoms with Crippen LogP contribution >= 0.6 is 0 Å². The average molecular weight is 241 g/mol. The quantitative estimate of drug-likeness (QED) is 0.804. The second-order valence-electron chi connectivity index (χ2n) is 6.32. The summed E-state index contributed by atoms with van der Waals surface area (Å²) in [5.74, 6) is -0.00228. The second-order valence-corrected chi connectivity index (χ2v) is 6.32. The SMILES string of the molecule is CN(C)C(CC(C)(C)C(=O)O)C1CCCCC1. The molecule has 17 heavy (non-hydrogen) atoms. The third-order valence-electron chi connectivity index (χ3n) is 4.16. The van der Waals surface area contributed by atoms with E-state index < -0.39 is 11.4 Å². The van der Waals surface area contributed by atoms with E-state index in [0.717, 1.165) is 6.42 Å². The second kappa shape index (κ2) is 5.85. The first kappa shape index (κ1) is 14.5. The van der Waals surface area contributed by atoms with Gasteiger partial charge in [0.25, 0.3) is 0 Å². The molecule has 0 bridgehead atoms. The van der Waals surface area contributed by atoms with Crippen molar-refractivity contribution in [3.05, 3.63) is 0 Å². The highest BCUT2D eigenvalue weighted by Crippen LogP contribution is 2.34. The van der Waals surface area contributed by atoms with Gasteiger partial charge >= 0.3 is 5.97 Å². The Morgan fingerprint density at radius 2 is 1.82 bits per heavy atom. The summed E-state index contributed by atoms with van der Waals surface area (Å²) < 4.78 is 0. The molecule has 1 unspecified atom stereocenters. The van der Waals surface area contributed by atoms with Crippen LogP contribution in [0.15, 0.2) is 0 Å². The standard InChI is InChI=1S/C14H27NO2/c1-14(2,13(16)17)10-12(15(3)4)11-8-6-5-7-9-11/h11-12H,5-10H2,1-4H3,(H,16,17). The topological polar surface area (TPSA) is 40.5 Å². The van der Waals surface area contributed by atoms with Crippen molar-refractivity contribution in [2.45, 2.75) is 58.4 Å². The highest BCUT2D eigenvalue weighted by atomic mass is 16.4. The molecule has 0 aliphatic heterocycles. The fourth-order valence-corrected chi connectivity index (χ4v) is 2.90. The summed E-state index contributed by atoms with van der Waals surface area (Å²) >= 11 is 0. The number of aliphatic carboxylic acids is 1. The third kappa shape index (κ3) is 3.98. The van der Waals surface area contributed by atoms with Crippen LogP contribution < -0.4 is 0 Å². The Hall–Kier alpha value is -0.570. The van der Waals surface area contributed by atoms with Gasteiger partial charge in [-0.15, -0.1) is 0 Å². The van der Waals surface area contributed by atoms with Gasteiger partial charge in [0.1, 0.15) is 0 Å². The lowest BCUT2D eigenvalue weighted by molar-refractivity contribution is -0.148. The molecule has 100 valence electrons. The summed E-state index contributed by atoms with van der Waals surface area (Å²) in [5.41, 5.74) is -0.619. The number of carbonyl (C=O) groups is 1. The van der Waals surface area contributed by atoms with Crippen LogP contribution in [-0.4, -0.2) is 36.1 Å². The van der Waals surface area contributed by atoms with Crippen molar-refractivity contribution in [2.24, 2.45) is 11.3 Å². The predicted octanol–water partition coefficient (Wildman–Crippen LogP) is 3.00. The molecular weight excluding hydrogens is 214 g/mol.